The monoisotopic (exact) mass is 356 g/mol. The lowest BCUT2D eigenvalue weighted by atomic mass is 10.1. The minimum absolute atomic E-state index is 0.144. The van der Waals surface area contributed by atoms with Gasteiger partial charge >= 0.3 is 0 Å². The summed E-state index contributed by atoms with van der Waals surface area (Å²) in [6, 6.07) is 5.47. The van der Waals surface area contributed by atoms with E-state index in [1.807, 2.05) is 24.0 Å². The van der Waals surface area contributed by atoms with Crippen molar-refractivity contribution in [2.45, 2.75) is 6.92 Å². The van der Waals surface area contributed by atoms with E-state index in [0.717, 1.165) is 5.69 Å². The third kappa shape index (κ3) is 2.98. The summed E-state index contributed by atoms with van der Waals surface area (Å²) in [5.74, 6) is 7.16. The predicted molar refractivity (Wildman–Crippen MR) is 102 cm³/mol. The average Bonchev–Trinajstić information content (AvgIpc) is 2.81. The first-order chi connectivity index (χ1) is 13.2. The Morgan fingerprint density at radius 2 is 1.81 bits per heavy atom. The quantitative estimate of drug-likeness (QED) is 0.624. The maximum atomic E-state index is 13.1. The van der Waals surface area contributed by atoms with E-state index in [2.05, 4.69) is 31.8 Å². The van der Waals surface area contributed by atoms with Crippen LogP contribution in [0.2, 0.25) is 0 Å². The number of hydrogen-bond acceptors (Lipinski definition) is 6. The number of aromatic nitrogens is 4. The molecule has 1 aliphatic heterocycles. The fourth-order valence-electron chi connectivity index (χ4n) is 2.95. The third-order valence-corrected chi connectivity index (χ3v) is 4.27. The van der Waals surface area contributed by atoms with Crippen molar-refractivity contribution in [2.24, 2.45) is 0 Å². The first-order valence-electron chi connectivity index (χ1n) is 8.46. The van der Waals surface area contributed by atoms with Crippen molar-refractivity contribution >= 4 is 23.2 Å². The van der Waals surface area contributed by atoms with Gasteiger partial charge in [0, 0.05) is 43.9 Å². The topological polar surface area (TPSA) is 75.1 Å². The molecular weight excluding hydrogens is 340 g/mol. The fraction of sp³-hybridized carbons (Fsp3) is 0.150. The van der Waals surface area contributed by atoms with Crippen LogP contribution in [0.15, 0.2) is 49.3 Å². The van der Waals surface area contributed by atoms with Crippen molar-refractivity contribution in [3.8, 4) is 11.8 Å². The molecule has 27 heavy (non-hydrogen) atoms. The van der Waals surface area contributed by atoms with Gasteiger partial charge in [0.1, 0.15) is 12.1 Å². The Hall–Kier alpha value is -3.79. The summed E-state index contributed by atoms with van der Waals surface area (Å²) in [5.41, 5.74) is 2.59. The highest BCUT2D eigenvalue weighted by Crippen LogP contribution is 2.37. The largest absolute Gasteiger partial charge is 0.309 e. The maximum absolute atomic E-state index is 13.1. The van der Waals surface area contributed by atoms with Crippen LogP contribution in [0.1, 0.15) is 28.4 Å². The van der Waals surface area contributed by atoms with Crippen LogP contribution in [0.5, 0.6) is 0 Å². The number of rotatable bonds is 1. The number of amides is 1. The summed E-state index contributed by atoms with van der Waals surface area (Å²) in [6.07, 6.45) is 8.11. The molecule has 0 N–H and O–H groups in total. The highest BCUT2D eigenvalue weighted by Gasteiger charge is 2.30. The molecule has 4 rings (SSSR count). The summed E-state index contributed by atoms with van der Waals surface area (Å²) in [4.78, 5) is 33.5. The van der Waals surface area contributed by atoms with Gasteiger partial charge in [-0.3, -0.25) is 4.79 Å². The minimum Gasteiger partial charge on any atom is -0.309 e. The number of anilines is 3. The molecule has 0 fully saturated rings. The highest BCUT2D eigenvalue weighted by molar-refractivity contribution is 6.12. The number of nitrogens with zero attached hydrogens (tertiary/aromatic N) is 6. The van der Waals surface area contributed by atoms with Crippen LogP contribution >= 0.6 is 0 Å². The zero-order valence-corrected chi connectivity index (χ0v) is 14.9. The van der Waals surface area contributed by atoms with Crippen LogP contribution in [0.4, 0.5) is 17.3 Å². The van der Waals surface area contributed by atoms with Gasteiger partial charge in [0.05, 0.1) is 16.8 Å². The molecule has 3 aromatic heterocycles. The van der Waals surface area contributed by atoms with Crippen LogP contribution in [-0.4, -0.2) is 39.4 Å². The Morgan fingerprint density at radius 1 is 1.04 bits per heavy atom. The van der Waals surface area contributed by atoms with Gasteiger partial charge in [-0.25, -0.2) is 19.9 Å². The SMILES string of the molecule is CCN1c2ncc(C#Cc3cncnc3)cc2C(=O)N(C)c2cccnc21. The molecule has 7 heteroatoms. The lowest BCUT2D eigenvalue weighted by Crippen LogP contribution is -2.25. The summed E-state index contributed by atoms with van der Waals surface area (Å²) in [7, 11) is 1.74. The number of pyridine rings is 2. The Morgan fingerprint density at radius 3 is 2.59 bits per heavy atom. The van der Waals surface area contributed by atoms with Gasteiger partial charge in [0.15, 0.2) is 5.82 Å². The lowest BCUT2D eigenvalue weighted by Gasteiger charge is -2.22. The Labute approximate surface area is 156 Å². The van der Waals surface area contributed by atoms with Gasteiger partial charge in [-0.2, -0.15) is 0 Å². The van der Waals surface area contributed by atoms with E-state index < -0.39 is 0 Å². The van der Waals surface area contributed by atoms with Crippen molar-refractivity contribution in [1.29, 1.82) is 0 Å². The summed E-state index contributed by atoms with van der Waals surface area (Å²) in [6.45, 7) is 2.64. The number of carbonyl (C=O) groups excluding carboxylic acids is 1. The van der Waals surface area contributed by atoms with Crippen LogP contribution in [0, 0.1) is 11.8 Å². The molecule has 0 saturated carbocycles. The van der Waals surface area contributed by atoms with Crippen LogP contribution in [0.3, 0.4) is 0 Å². The van der Waals surface area contributed by atoms with Crippen LogP contribution in [0.25, 0.3) is 0 Å². The van der Waals surface area contributed by atoms with E-state index in [4.69, 9.17) is 0 Å². The molecule has 4 heterocycles. The first kappa shape index (κ1) is 16.7. The van der Waals surface area contributed by atoms with Crippen LogP contribution < -0.4 is 9.80 Å². The second kappa shape index (κ2) is 6.84. The molecule has 0 aromatic carbocycles. The molecular formula is C20H16N6O. The zero-order valence-electron chi connectivity index (χ0n) is 14.9. The number of hydrogen-bond donors (Lipinski definition) is 0. The molecule has 1 amide bonds. The average molecular weight is 356 g/mol. The van der Waals surface area contributed by atoms with E-state index in [9.17, 15) is 4.79 Å². The van der Waals surface area contributed by atoms with Crippen molar-refractivity contribution in [1.82, 2.24) is 19.9 Å². The lowest BCUT2D eigenvalue weighted by molar-refractivity contribution is 0.0994. The Kier molecular flexibility index (Phi) is 4.22. The van der Waals surface area contributed by atoms with Crippen molar-refractivity contribution < 1.29 is 4.79 Å². The summed E-state index contributed by atoms with van der Waals surface area (Å²) in [5, 5.41) is 0. The molecule has 0 radical (unpaired) electrons. The number of fused-ring (bicyclic) bond motifs is 2. The van der Waals surface area contributed by atoms with Gasteiger partial charge in [0.2, 0.25) is 0 Å². The normalized spacial score (nSPS) is 12.6. The molecule has 0 atom stereocenters. The van der Waals surface area contributed by atoms with Gasteiger partial charge in [0.25, 0.3) is 5.91 Å². The van der Waals surface area contributed by atoms with Gasteiger partial charge in [-0.1, -0.05) is 11.8 Å². The summed E-state index contributed by atoms with van der Waals surface area (Å²) < 4.78 is 0. The number of carbonyl (C=O) groups is 1. The Balaban J connectivity index is 1.82. The van der Waals surface area contributed by atoms with E-state index in [1.165, 1.54) is 6.33 Å². The smallest absolute Gasteiger partial charge is 0.261 e. The second-order valence-corrected chi connectivity index (χ2v) is 5.93. The molecule has 7 nitrogen and oxygen atoms in total. The van der Waals surface area contributed by atoms with Gasteiger partial charge < -0.3 is 9.80 Å². The summed E-state index contributed by atoms with van der Waals surface area (Å²) >= 11 is 0. The fourth-order valence-corrected chi connectivity index (χ4v) is 2.95. The molecule has 0 aliphatic carbocycles. The molecule has 0 saturated heterocycles. The van der Waals surface area contributed by atoms with E-state index in [1.54, 1.807) is 42.8 Å². The molecule has 0 bridgehead atoms. The van der Waals surface area contributed by atoms with Crippen molar-refractivity contribution in [3.63, 3.8) is 0 Å². The van der Waals surface area contributed by atoms with E-state index in [0.29, 0.717) is 34.9 Å². The van der Waals surface area contributed by atoms with Crippen molar-refractivity contribution in [3.05, 3.63) is 66.0 Å². The Bertz CT molecular complexity index is 1070. The first-order valence-corrected chi connectivity index (χ1v) is 8.46. The molecule has 132 valence electrons. The van der Waals surface area contributed by atoms with Crippen molar-refractivity contribution in [2.75, 3.05) is 23.4 Å². The highest BCUT2D eigenvalue weighted by atomic mass is 16.2. The van der Waals surface area contributed by atoms with Gasteiger partial charge in [-0.05, 0) is 25.1 Å². The molecule has 3 aromatic rings. The molecule has 1 aliphatic rings. The van der Waals surface area contributed by atoms with E-state index in [-0.39, 0.29) is 5.91 Å². The predicted octanol–water partition coefficient (Wildman–Crippen LogP) is 2.41. The van der Waals surface area contributed by atoms with E-state index >= 15 is 0 Å². The maximum Gasteiger partial charge on any atom is 0.261 e. The van der Waals surface area contributed by atoms with Gasteiger partial charge in [-0.15, -0.1) is 0 Å². The second-order valence-electron chi connectivity index (χ2n) is 5.93. The standard InChI is InChI=1S/C20H16N6O/c1-3-26-18-16(20(27)25(2)17-5-4-8-23-19(17)26)9-14(12-24-18)6-7-15-10-21-13-22-11-15/h4-5,8-13H,3H2,1-2H3. The molecule has 0 spiro atoms. The third-order valence-electron chi connectivity index (χ3n) is 4.27. The zero-order chi connectivity index (χ0) is 18.8. The van der Waals surface area contributed by atoms with Crippen LogP contribution in [-0.2, 0) is 0 Å². The minimum atomic E-state index is -0.144. The molecule has 0 unspecified atom stereocenters.